The zero-order valence-electron chi connectivity index (χ0n) is 54.0. The topological polar surface area (TPSA) is 207 Å². The van der Waals surface area contributed by atoms with E-state index >= 15 is 0 Å². The molecule has 0 aliphatic rings. The third-order valence-corrected chi connectivity index (χ3v) is 20.3. The summed E-state index contributed by atoms with van der Waals surface area (Å²) in [7, 11) is 0. The van der Waals surface area contributed by atoms with Crippen molar-refractivity contribution in [2.45, 2.75) is 360 Å². The standard InChI is InChI=1S/4C14H28O2S.C4H7O3S2.4CH3.2Sn/c4*1-2-3-4-5-6-7-8-9-10-11-12-13(17)14(15)16;5-1-2-7-3(6)4(8)9;;;;;;/h4*13,17H,2-12H2,1H3,(H,15,16);1,4-5,8-9H,2H2;4*1H3;;/q;;;;;;;;;+1;+2/p-4. The molecule has 0 aliphatic carbocycles. The zero-order valence-corrected chi connectivity index (χ0v) is 65.1. The van der Waals surface area contributed by atoms with Crippen molar-refractivity contribution >= 4 is 147 Å². The van der Waals surface area contributed by atoms with Crippen LogP contribution in [0.1, 0.15) is 310 Å². The minimum atomic E-state index is -1.63. The summed E-state index contributed by atoms with van der Waals surface area (Å²) in [6.45, 7) is 9.05. The van der Waals surface area contributed by atoms with Crippen LogP contribution >= 0.6 is 75.8 Å². The summed E-state index contributed by atoms with van der Waals surface area (Å²) >= 11 is 22.0. The molecule has 1 N–H and O–H groups in total. The predicted molar refractivity (Wildman–Crippen MR) is 371 cm³/mol. The van der Waals surface area contributed by atoms with Crippen LogP contribution in [0.15, 0.2) is 0 Å². The Bertz CT molecular complexity index is 1200. The van der Waals surface area contributed by atoms with E-state index in [4.69, 9.17) is 4.74 Å². The van der Waals surface area contributed by atoms with Gasteiger partial charge in [-0.05, 0) is 25.7 Å². The SMILES string of the molecule is CCCCCCCCCCCCC(S)C(=O)[O-].CCCCCCCCCCCCC(S)C(=O)[O-].CCCCCCCCCCCCC(S)C(=O)[O-].CCCCCCCCCCCCC(S)C(=O)[O-].[CH3][Sn+2][CH3].[CH3][Sn+]([CH3])[CH](O)COC(=O)C(S)S. The van der Waals surface area contributed by atoms with Crippen LogP contribution in [-0.4, -0.2) is 112 Å². The number of aliphatic carboxylic acids is 4. The van der Waals surface area contributed by atoms with Gasteiger partial charge in [-0.2, -0.15) is 50.5 Å². The van der Waals surface area contributed by atoms with E-state index in [0.29, 0.717) is 25.7 Å². The quantitative estimate of drug-likeness (QED) is 0.0100. The molecule has 0 heterocycles. The summed E-state index contributed by atoms with van der Waals surface area (Å²) in [5.41, 5.74) is 0. The number of rotatable bonds is 52. The third-order valence-electron chi connectivity index (χ3n) is 13.7. The Morgan fingerprint density at radius 2 is 0.518 bits per heavy atom. The summed E-state index contributed by atoms with van der Waals surface area (Å²) in [6, 6.07) is 0. The third kappa shape index (κ3) is 89.5. The molecule has 494 valence electrons. The first kappa shape index (κ1) is 95.1. The van der Waals surface area contributed by atoms with Gasteiger partial charge in [0.2, 0.25) is 0 Å². The molecular weight excluding hydrogens is 1370 g/mol. The number of carboxylic acids is 4. The molecule has 5 unspecified atom stereocenters. The van der Waals surface area contributed by atoms with Crippen molar-refractivity contribution in [3.8, 4) is 0 Å². The number of hydrogen-bond donors (Lipinski definition) is 7. The molecule has 0 aromatic rings. The van der Waals surface area contributed by atoms with E-state index in [-0.39, 0.29) is 27.7 Å². The Balaban J connectivity index is -0.000000221. The van der Waals surface area contributed by atoms with E-state index < -0.39 is 79.3 Å². The monoisotopic (exact) mass is 1500 g/mol. The van der Waals surface area contributed by atoms with Crippen molar-refractivity contribution in [2.24, 2.45) is 0 Å². The molecule has 5 atom stereocenters. The van der Waals surface area contributed by atoms with Gasteiger partial charge in [0.1, 0.15) is 0 Å². The number of carbonyl (C=O) groups excluding carboxylic acids is 5. The van der Waals surface area contributed by atoms with Gasteiger partial charge in [0.05, 0.1) is 23.9 Å². The molecular formula is C64H127O11S6Sn2-. The number of esters is 1. The molecule has 0 amide bonds. The summed E-state index contributed by atoms with van der Waals surface area (Å²) in [6.07, 6.45) is 53.4. The molecule has 0 spiro atoms. The van der Waals surface area contributed by atoms with Crippen molar-refractivity contribution < 1.29 is 54.2 Å². The number of thiol groups is 6. The van der Waals surface area contributed by atoms with Gasteiger partial charge in [-0.25, -0.2) is 0 Å². The van der Waals surface area contributed by atoms with E-state index in [1.165, 1.54) is 205 Å². The van der Waals surface area contributed by atoms with Gasteiger partial charge in [0.15, 0.2) is 0 Å². The zero-order chi connectivity index (χ0) is 64.2. The number of carboxylic acid groups (broad SMARTS) is 4. The van der Waals surface area contributed by atoms with Gasteiger partial charge in [0, 0.05) is 21.0 Å². The summed E-state index contributed by atoms with van der Waals surface area (Å²) in [5.74, 6) is -4.65. The summed E-state index contributed by atoms with van der Waals surface area (Å²) in [5, 5.41) is 48.6. The number of unbranched alkanes of at least 4 members (excludes halogenated alkanes) is 36. The Labute approximate surface area is 561 Å². The molecule has 0 rings (SSSR count). The van der Waals surface area contributed by atoms with Crippen LogP contribution in [0.4, 0.5) is 0 Å². The van der Waals surface area contributed by atoms with Crippen LogP contribution in [0, 0.1) is 0 Å². The van der Waals surface area contributed by atoms with Crippen LogP contribution in [0.3, 0.4) is 0 Å². The van der Waals surface area contributed by atoms with Crippen LogP contribution in [0.25, 0.3) is 0 Å². The molecule has 0 saturated heterocycles. The van der Waals surface area contributed by atoms with Crippen molar-refractivity contribution in [1.82, 2.24) is 0 Å². The first-order valence-electron chi connectivity index (χ1n) is 32.7. The van der Waals surface area contributed by atoms with Crippen molar-refractivity contribution in [2.75, 3.05) is 6.61 Å². The molecule has 19 heteroatoms. The number of aliphatic hydroxyl groups is 1. The van der Waals surface area contributed by atoms with E-state index in [1.54, 1.807) is 0 Å². The molecule has 0 saturated carbocycles. The molecule has 0 aliphatic heterocycles. The maximum absolute atomic E-state index is 10.8. The van der Waals surface area contributed by atoms with Gasteiger partial charge in [-0.3, -0.25) is 0 Å². The van der Waals surface area contributed by atoms with Crippen LogP contribution < -0.4 is 20.4 Å². The Morgan fingerprint density at radius 3 is 0.651 bits per heavy atom. The van der Waals surface area contributed by atoms with Crippen LogP contribution in [0.5, 0.6) is 0 Å². The van der Waals surface area contributed by atoms with E-state index in [0.717, 1.165) is 51.4 Å². The fourth-order valence-electron chi connectivity index (χ4n) is 8.17. The summed E-state index contributed by atoms with van der Waals surface area (Å²) < 4.78 is 3.60. The van der Waals surface area contributed by atoms with Gasteiger partial charge >= 0.3 is 122 Å². The van der Waals surface area contributed by atoms with Gasteiger partial charge in [0.25, 0.3) is 0 Å². The van der Waals surface area contributed by atoms with Crippen molar-refractivity contribution in [1.29, 1.82) is 0 Å². The first-order valence-corrected chi connectivity index (χ1v) is 48.9. The Kier molecular flexibility index (Phi) is 90.7. The van der Waals surface area contributed by atoms with E-state index in [1.807, 2.05) is 9.88 Å². The van der Waals surface area contributed by atoms with E-state index in [2.05, 4.69) is 113 Å². The number of carbonyl (C=O) groups is 5. The van der Waals surface area contributed by atoms with Crippen LogP contribution in [-0.2, 0) is 28.7 Å². The molecule has 0 fully saturated rings. The average Bonchev–Trinajstić information content (AvgIpc) is 3.44. The second-order valence-electron chi connectivity index (χ2n) is 22.3. The normalized spacial score (nSPS) is 12.3. The van der Waals surface area contributed by atoms with Crippen molar-refractivity contribution in [3.05, 3.63) is 0 Å². The average molecular weight is 1500 g/mol. The van der Waals surface area contributed by atoms with Gasteiger partial charge in [-0.1, -0.05) is 285 Å². The van der Waals surface area contributed by atoms with Crippen molar-refractivity contribution in [3.63, 3.8) is 0 Å². The number of ether oxygens (including phenoxy) is 1. The van der Waals surface area contributed by atoms with Gasteiger partial charge in [-0.15, -0.1) is 0 Å². The second-order valence-corrected chi connectivity index (χ2v) is 37.2. The Hall–Kier alpha value is 1.01. The number of hydrogen-bond acceptors (Lipinski definition) is 17. The fourth-order valence-corrected chi connectivity index (χ4v) is 10.2. The number of aliphatic hydroxyl groups excluding tert-OH is 1. The van der Waals surface area contributed by atoms with Gasteiger partial charge < -0.3 is 39.6 Å². The minimum absolute atomic E-state index is 0.0955. The molecule has 83 heavy (non-hydrogen) atoms. The molecule has 0 aromatic heterocycles. The Morgan fingerprint density at radius 1 is 0.361 bits per heavy atom. The fraction of sp³-hybridized carbons (Fsp3) is 0.922. The van der Waals surface area contributed by atoms with E-state index in [9.17, 15) is 49.5 Å². The summed E-state index contributed by atoms with van der Waals surface area (Å²) in [4.78, 5) is 61.1. The predicted octanol–water partition coefficient (Wildman–Crippen LogP) is 14.5. The first-order chi connectivity index (χ1) is 39.6. The molecule has 0 radical (unpaired) electrons. The molecule has 0 bridgehead atoms. The maximum atomic E-state index is 10.8. The molecule has 11 nitrogen and oxygen atoms in total. The van der Waals surface area contributed by atoms with Crippen LogP contribution in [0.2, 0.25) is 19.8 Å². The molecule has 0 aromatic carbocycles. The second kappa shape index (κ2) is 79.1.